The van der Waals surface area contributed by atoms with Crippen LogP contribution in [0.2, 0.25) is 0 Å². The lowest BCUT2D eigenvalue weighted by atomic mass is 10.0. The van der Waals surface area contributed by atoms with E-state index in [1.165, 1.54) is 82.6 Å². The fraction of sp³-hybridized carbons (Fsp3) is 0.750. The third-order valence-corrected chi connectivity index (χ3v) is 6.95. The predicted molar refractivity (Wildman–Crippen MR) is 141 cm³/mol. The molecule has 1 rings (SSSR count). The van der Waals surface area contributed by atoms with Crippen molar-refractivity contribution in [2.75, 3.05) is 0 Å². The quantitative estimate of drug-likeness (QED) is 0.159. The van der Waals surface area contributed by atoms with Gasteiger partial charge < -0.3 is 4.74 Å². The number of benzene rings is 1. The second-order valence-corrected chi connectivity index (χ2v) is 12.1. The topological polar surface area (TPSA) is 86.5 Å². The molecule has 0 aliphatic carbocycles. The first-order chi connectivity index (χ1) is 16.1. The predicted octanol–water partition coefficient (Wildman–Crippen LogP) is 7.46. The van der Waals surface area contributed by atoms with Gasteiger partial charge in [0.05, 0.1) is 4.90 Å². The van der Waals surface area contributed by atoms with E-state index in [1.807, 2.05) is 32.9 Å². The number of carbonyl (C=O) groups excluding carboxylic acids is 1. The Balaban J connectivity index is 1.82. The van der Waals surface area contributed by atoms with E-state index in [4.69, 9.17) is 9.88 Å². The van der Waals surface area contributed by atoms with Crippen LogP contribution in [0.3, 0.4) is 0 Å². The fourth-order valence-corrected chi connectivity index (χ4v) is 4.65. The third-order valence-electron chi connectivity index (χ3n) is 6.02. The monoisotopic (exact) mass is 495 g/mol. The minimum absolute atomic E-state index is 0.0671. The van der Waals surface area contributed by atoms with Crippen molar-refractivity contribution in [1.29, 1.82) is 0 Å². The largest absolute Gasteiger partial charge is 0.460 e. The number of sulfonamides is 1. The van der Waals surface area contributed by atoms with E-state index in [9.17, 15) is 13.2 Å². The first kappa shape index (κ1) is 30.6. The van der Waals surface area contributed by atoms with Crippen molar-refractivity contribution >= 4 is 16.0 Å². The van der Waals surface area contributed by atoms with E-state index in [0.29, 0.717) is 6.42 Å². The molecule has 0 bridgehead atoms. The molecule has 6 heteroatoms. The van der Waals surface area contributed by atoms with Gasteiger partial charge in [0, 0.05) is 6.42 Å². The molecule has 0 unspecified atom stereocenters. The van der Waals surface area contributed by atoms with Crippen LogP contribution in [0.25, 0.3) is 0 Å². The second kappa shape index (κ2) is 17.1. The van der Waals surface area contributed by atoms with Crippen molar-refractivity contribution in [2.45, 2.75) is 140 Å². The average Bonchev–Trinajstić information content (AvgIpc) is 2.74. The molecule has 34 heavy (non-hydrogen) atoms. The highest BCUT2D eigenvalue weighted by Gasteiger charge is 2.15. The number of hydrogen-bond donors (Lipinski definition) is 1. The molecule has 196 valence electrons. The van der Waals surface area contributed by atoms with Crippen LogP contribution in [0, 0.1) is 0 Å². The van der Waals surface area contributed by atoms with Crippen LogP contribution in [0.1, 0.15) is 129 Å². The molecule has 1 aromatic rings. The van der Waals surface area contributed by atoms with Gasteiger partial charge in [-0.1, -0.05) is 95.6 Å². The molecule has 1 aromatic carbocycles. The zero-order valence-corrected chi connectivity index (χ0v) is 22.8. The molecule has 0 atom stereocenters. The van der Waals surface area contributed by atoms with Crippen LogP contribution in [0.4, 0.5) is 0 Å². The van der Waals surface area contributed by atoms with Crippen LogP contribution in [0.15, 0.2) is 29.2 Å². The first-order valence-electron chi connectivity index (χ1n) is 13.4. The smallest absolute Gasteiger partial charge is 0.306 e. The van der Waals surface area contributed by atoms with Gasteiger partial charge in [-0.3, -0.25) is 4.79 Å². The summed E-state index contributed by atoms with van der Waals surface area (Å²) < 4.78 is 27.9. The lowest BCUT2D eigenvalue weighted by molar-refractivity contribution is -0.154. The summed E-state index contributed by atoms with van der Waals surface area (Å²) in [5.41, 5.74) is 0.807. The van der Waals surface area contributed by atoms with E-state index in [0.717, 1.165) is 25.7 Å². The summed E-state index contributed by atoms with van der Waals surface area (Å²) in [6, 6.07) is 6.93. The maximum atomic E-state index is 11.7. The Morgan fingerprint density at radius 3 is 1.47 bits per heavy atom. The molecule has 0 radical (unpaired) electrons. The van der Waals surface area contributed by atoms with E-state index in [2.05, 4.69) is 0 Å². The summed E-state index contributed by atoms with van der Waals surface area (Å²) in [6.07, 6.45) is 20.5. The van der Waals surface area contributed by atoms with Crippen LogP contribution < -0.4 is 5.14 Å². The Bertz CT molecular complexity index is 767. The lowest BCUT2D eigenvalue weighted by Gasteiger charge is -2.19. The van der Waals surface area contributed by atoms with E-state index >= 15 is 0 Å². The number of nitrogens with two attached hydrogens (primary N) is 1. The Labute approximate surface area is 209 Å². The highest BCUT2D eigenvalue weighted by molar-refractivity contribution is 7.89. The van der Waals surface area contributed by atoms with Gasteiger partial charge in [-0.2, -0.15) is 0 Å². The van der Waals surface area contributed by atoms with Gasteiger partial charge in [0.2, 0.25) is 10.0 Å². The fourth-order valence-electron chi connectivity index (χ4n) is 4.13. The zero-order chi connectivity index (χ0) is 25.3. The zero-order valence-electron chi connectivity index (χ0n) is 21.9. The van der Waals surface area contributed by atoms with Gasteiger partial charge in [0.1, 0.15) is 5.60 Å². The molecule has 0 fully saturated rings. The van der Waals surface area contributed by atoms with Crippen LogP contribution in [0.5, 0.6) is 0 Å². The van der Waals surface area contributed by atoms with Gasteiger partial charge in [-0.25, -0.2) is 13.6 Å². The molecule has 0 saturated carbocycles. The molecule has 0 aliphatic rings. The molecular formula is C28H49NO4S. The number of esters is 1. The minimum atomic E-state index is -3.59. The van der Waals surface area contributed by atoms with E-state index in [-0.39, 0.29) is 16.5 Å². The number of primary sulfonamides is 1. The van der Waals surface area contributed by atoms with Crippen molar-refractivity contribution in [3.05, 3.63) is 29.8 Å². The van der Waals surface area contributed by atoms with Gasteiger partial charge in [0.25, 0.3) is 0 Å². The third kappa shape index (κ3) is 17.1. The maximum Gasteiger partial charge on any atom is 0.306 e. The SMILES string of the molecule is CC(C)(C)OC(=O)CCCCCCCCCCCCCCCCCc1ccc(S(N)(=O)=O)cc1. The molecule has 0 aromatic heterocycles. The molecule has 5 nitrogen and oxygen atoms in total. The number of hydrogen-bond acceptors (Lipinski definition) is 4. The average molecular weight is 496 g/mol. The Morgan fingerprint density at radius 2 is 1.09 bits per heavy atom. The number of aryl methyl sites for hydroxylation is 1. The molecule has 0 aliphatic heterocycles. The van der Waals surface area contributed by atoms with Gasteiger partial charge in [0.15, 0.2) is 0 Å². The van der Waals surface area contributed by atoms with Crippen molar-refractivity contribution in [3.63, 3.8) is 0 Å². The normalized spacial score (nSPS) is 12.1. The van der Waals surface area contributed by atoms with Gasteiger partial charge in [-0.05, 0) is 57.7 Å². The molecule has 0 heterocycles. The Kier molecular flexibility index (Phi) is 15.4. The summed E-state index contributed by atoms with van der Waals surface area (Å²) in [7, 11) is -3.59. The minimum Gasteiger partial charge on any atom is -0.460 e. The van der Waals surface area contributed by atoms with E-state index in [1.54, 1.807) is 12.1 Å². The Hall–Kier alpha value is -1.40. The van der Waals surface area contributed by atoms with Crippen molar-refractivity contribution < 1.29 is 17.9 Å². The van der Waals surface area contributed by atoms with E-state index < -0.39 is 10.0 Å². The highest BCUT2D eigenvalue weighted by Crippen LogP contribution is 2.16. The molecule has 0 amide bonds. The second-order valence-electron chi connectivity index (χ2n) is 10.6. The first-order valence-corrected chi connectivity index (χ1v) is 15.0. The van der Waals surface area contributed by atoms with Crippen LogP contribution >= 0.6 is 0 Å². The van der Waals surface area contributed by atoms with Crippen molar-refractivity contribution in [3.8, 4) is 0 Å². The van der Waals surface area contributed by atoms with Crippen molar-refractivity contribution in [2.24, 2.45) is 5.14 Å². The van der Waals surface area contributed by atoms with Gasteiger partial charge >= 0.3 is 5.97 Å². The molecule has 2 N–H and O–H groups in total. The standard InChI is InChI=1S/C28H49NO4S/c1-28(2,3)33-27(30)20-18-16-14-12-10-8-6-4-5-7-9-11-13-15-17-19-25-21-23-26(24-22-25)34(29,31)32/h21-24H,4-20H2,1-3H3,(H2,29,31,32). The van der Waals surface area contributed by atoms with Crippen LogP contribution in [-0.2, 0) is 26.0 Å². The Morgan fingerprint density at radius 1 is 0.706 bits per heavy atom. The van der Waals surface area contributed by atoms with Crippen molar-refractivity contribution in [1.82, 2.24) is 0 Å². The molecule has 0 spiro atoms. The molecular weight excluding hydrogens is 446 g/mol. The summed E-state index contributed by atoms with van der Waals surface area (Å²) >= 11 is 0. The lowest BCUT2D eigenvalue weighted by Crippen LogP contribution is -2.23. The maximum absolute atomic E-state index is 11.7. The van der Waals surface area contributed by atoms with Gasteiger partial charge in [-0.15, -0.1) is 0 Å². The summed E-state index contributed by atoms with van der Waals surface area (Å²) in [4.78, 5) is 11.8. The summed E-state index contributed by atoms with van der Waals surface area (Å²) in [6.45, 7) is 5.75. The number of unbranched alkanes of at least 4 members (excludes halogenated alkanes) is 14. The highest BCUT2D eigenvalue weighted by atomic mass is 32.2. The summed E-state index contributed by atoms with van der Waals surface area (Å²) in [5, 5.41) is 5.13. The summed E-state index contributed by atoms with van der Waals surface area (Å²) in [5.74, 6) is -0.0671. The molecule has 0 saturated heterocycles. The number of ether oxygens (including phenoxy) is 1. The van der Waals surface area contributed by atoms with Crippen LogP contribution in [-0.4, -0.2) is 20.0 Å². The number of rotatable bonds is 19. The number of carbonyl (C=O) groups is 1.